The molecule has 1 saturated heterocycles. The summed E-state index contributed by atoms with van der Waals surface area (Å²) in [5.74, 6) is -1.28. The first-order chi connectivity index (χ1) is 7.90. The van der Waals surface area contributed by atoms with E-state index in [1.165, 1.54) is 24.3 Å². The first-order valence-electron chi connectivity index (χ1n) is 4.63. The fourth-order valence-electron chi connectivity index (χ4n) is 1.49. The molecule has 0 aromatic heterocycles. The third kappa shape index (κ3) is 2.07. The van der Waals surface area contributed by atoms with Gasteiger partial charge >= 0.3 is 10.2 Å². The van der Waals surface area contributed by atoms with Gasteiger partial charge < -0.3 is 5.73 Å². The Kier molecular flexibility index (Phi) is 2.50. The number of primary amides is 1. The topological polar surface area (TPSA) is 110 Å². The number of hydrogen-bond acceptors (Lipinski definition) is 4. The molecule has 0 bridgehead atoms. The van der Waals surface area contributed by atoms with E-state index >= 15 is 0 Å². The second-order valence-corrected chi connectivity index (χ2v) is 5.05. The van der Waals surface area contributed by atoms with E-state index in [1.54, 1.807) is 0 Å². The third-order valence-electron chi connectivity index (χ3n) is 2.24. The average Bonchev–Trinajstić information content (AvgIpc) is 2.52. The minimum atomic E-state index is -3.85. The summed E-state index contributed by atoms with van der Waals surface area (Å²) in [5, 5.41) is 0. The van der Waals surface area contributed by atoms with Crippen molar-refractivity contribution in [3.8, 4) is 0 Å². The van der Waals surface area contributed by atoms with Gasteiger partial charge in [0.15, 0.2) is 0 Å². The van der Waals surface area contributed by atoms with Gasteiger partial charge in [-0.3, -0.25) is 9.59 Å². The lowest BCUT2D eigenvalue weighted by atomic mass is 10.2. The van der Waals surface area contributed by atoms with Crippen molar-refractivity contribution < 1.29 is 18.0 Å². The molecule has 1 fully saturated rings. The summed E-state index contributed by atoms with van der Waals surface area (Å²) in [4.78, 5) is 22.0. The van der Waals surface area contributed by atoms with E-state index in [-0.39, 0.29) is 17.8 Å². The minimum absolute atomic E-state index is 0.178. The highest BCUT2D eigenvalue weighted by molar-refractivity contribution is 7.92. The van der Waals surface area contributed by atoms with Crippen LogP contribution in [0.5, 0.6) is 0 Å². The molecule has 0 radical (unpaired) electrons. The van der Waals surface area contributed by atoms with Crippen LogP contribution in [0.1, 0.15) is 10.4 Å². The summed E-state index contributed by atoms with van der Waals surface area (Å²) >= 11 is 0. The van der Waals surface area contributed by atoms with Gasteiger partial charge in [0, 0.05) is 5.56 Å². The third-order valence-corrected chi connectivity index (χ3v) is 3.64. The Hall–Kier alpha value is -2.09. The van der Waals surface area contributed by atoms with Crippen molar-refractivity contribution in [3.63, 3.8) is 0 Å². The number of nitrogens with two attached hydrogens (primary N) is 1. The highest BCUT2D eigenvalue weighted by Gasteiger charge is 2.34. The quantitative estimate of drug-likeness (QED) is 0.703. The molecule has 1 aliphatic heterocycles. The summed E-state index contributed by atoms with van der Waals surface area (Å²) in [6.45, 7) is -0.301. The van der Waals surface area contributed by atoms with Crippen LogP contribution in [0.25, 0.3) is 0 Å². The van der Waals surface area contributed by atoms with Crippen molar-refractivity contribution in [2.24, 2.45) is 5.73 Å². The molecule has 0 saturated carbocycles. The molecule has 7 nitrogen and oxygen atoms in total. The predicted octanol–water partition coefficient (Wildman–Crippen LogP) is -1.03. The zero-order chi connectivity index (χ0) is 12.6. The number of hydrogen-bond donors (Lipinski definition) is 2. The van der Waals surface area contributed by atoms with Crippen LogP contribution in [-0.4, -0.2) is 26.8 Å². The van der Waals surface area contributed by atoms with Crippen molar-refractivity contribution in [3.05, 3.63) is 29.8 Å². The Morgan fingerprint density at radius 2 is 2.12 bits per heavy atom. The molecule has 1 aliphatic rings. The van der Waals surface area contributed by atoms with Gasteiger partial charge in [0.2, 0.25) is 5.91 Å². The van der Waals surface area contributed by atoms with Crippen LogP contribution in [0.4, 0.5) is 5.69 Å². The molecule has 0 aliphatic carbocycles. The van der Waals surface area contributed by atoms with Crippen LogP contribution < -0.4 is 14.8 Å². The van der Waals surface area contributed by atoms with E-state index < -0.39 is 22.0 Å². The Morgan fingerprint density at radius 1 is 1.41 bits per heavy atom. The number of nitrogens with zero attached hydrogens (tertiary/aromatic N) is 1. The number of amides is 2. The molecule has 1 aromatic carbocycles. The Balaban J connectivity index is 2.45. The Morgan fingerprint density at radius 3 is 2.65 bits per heavy atom. The summed E-state index contributed by atoms with van der Waals surface area (Å²) in [6, 6.07) is 5.75. The zero-order valence-electron chi connectivity index (χ0n) is 8.58. The summed E-state index contributed by atoms with van der Waals surface area (Å²) in [6.07, 6.45) is 0. The predicted molar refractivity (Wildman–Crippen MR) is 59.4 cm³/mol. The normalized spacial score (nSPS) is 17.9. The smallest absolute Gasteiger partial charge is 0.326 e. The van der Waals surface area contributed by atoms with E-state index in [0.717, 1.165) is 4.31 Å². The highest BCUT2D eigenvalue weighted by atomic mass is 32.2. The monoisotopic (exact) mass is 255 g/mol. The van der Waals surface area contributed by atoms with Crippen molar-refractivity contribution in [2.45, 2.75) is 0 Å². The maximum atomic E-state index is 11.5. The molecule has 0 unspecified atom stereocenters. The average molecular weight is 255 g/mol. The molecule has 2 amide bonds. The first kappa shape index (κ1) is 11.4. The number of anilines is 1. The molecule has 8 heteroatoms. The van der Waals surface area contributed by atoms with Crippen LogP contribution in [0, 0.1) is 0 Å². The van der Waals surface area contributed by atoms with Crippen LogP contribution in [0.2, 0.25) is 0 Å². The van der Waals surface area contributed by atoms with Gasteiger partial charge in [0.05, 0.1) is 5.69 Å². The fourth-order valence-corrected chi connectivity index (χ4v) is 2.63. The standard InChI is InChI=1S/C9H9N3O4S/c10-9(14)6-2-1-3-7(4-6)12-5-8(13)11-17(12,15)16/h1-4H,5H2,(H2,10,14)(H,11,13). The number of carbonyl (C=O) groups is 2. The number of rotatable bonds is 2. The number of carbonyl (C=O) groups excluding carboxylic acids is 2. The molecular formula is C9H9N3O4S. The molecule has 0 atom stereocenters. The van der Waals surface area contributed by atoms with E-state index in [0.29, 0.717) is 0 Å². The summed E-state index contributed by atoms with van der Waals surface area (Å²) in [5.41, 5.74) is 5.49. The van der Waals surface area contributed by atoms with E-state index in [9.17, 15) is 18.0 Å². The van der Waals surface area contributed by atoms with E-state index in [4.69, 9.17) is 5.73 Å². The van der Waals surface area contributed by atoms with Gasteiger partial charge in [-0.2, -0.15) is 8.42 Å². The molecule has 90 valence electrons. The maximum absolute atomic E-state index is 11.5. The lowest BCUT2D eigenvalue weighted by Gasteiger charge is -2.14. The second-order valence-electron chi connectivity index (χ2n) is 3.45. The van der Waals surface area contributed by atoms with Gasteiger partial charge in [-0.25, -0.2) is 9.03 Å². The minimum Gasteiger partial charge on any atom is -0.366 e. The van der Waals surface area contributed by atoms with E-state index in [2.05, 4.69) is 0 Å². The summed E-state index contributed by atoms with van der Waals surface area (Å²) in [7, 11) is -3.85. The maximum Gasteiger partial charge on any atom is 0.326 e. The van der Waals surface area contributed by atoms with Gasteiger partial charge in [-0.1, -0.05) is 6.07 Å². The highest BCUT2D eigenvalue weighted by Crippen LogP contribution is 2.21. The molecule has 1 aromatic rings. The Labute approximate surface area is 97.4 Å². The first-order valence-corrected chi connectivity index (χ1v) is 6.07. The lowest BCUT2D eigenvalue weighted by molar-refractivity contribution is -0.117. The second kappa shape index (κ2) is 3.74. The van der Waals surface area contributed by atoms with Crippen molar-refractivity contribution >= 4 is 27.7 Å². The zero-order valence-corrected chi connectivity index (χ0v) is 9.40. The molecule has 0 spiro atoms. The lowest BCUT2D eigenvalue weighted by Crippen LogP contribution is -2.29. The molecular weight excluding hydrogens is 246 g/mol. The van der Waals surface area contributed by atoms with Gasteiger partial charge in [0.1, 0.15) is 6.54 Å². The molecule has 3 N–H and O–H groups in total. The van der Waals surface area contributed by atoms with Crippen LogP contribution >= 0.6 is 0 Å². The molecule has 17 heavy (non-hydrogen) atoms. The molecule has 1 heterocycles. The molecule has 2 rings (SSSR count). The van der Waals surface area contributed by atoms with Gasteiger partial charge in [-0.15, -0.1) is 0 Å². The van der Waals surface area contributed by atoms with Crippen LogP contribution in [-0.2, 0) is 15.0 Å². The van der Waals surface area contributed by atoms with E-state index in [1.807, 2.05) is 4.72 Å². The van der Waals surface area contributed by atoms with Gasteiger partial charge in [0.25, 0.3) is 5.91 Å². The van der Waals surface area contributed by atoms with Crippen LogP contribution in [0.15, 0.2) is 24.3 Å². The Bertz CT molecular complexity index is 596. The van der Waals surface area contributed by atoms with Crippen molar-refractivity contribution in [1.82, 2.24) is 4.72 Å². The SMILES string of the molecule is NC(=O)c1cccc(N2CC(=O)NS2(=O)=O)c1. The van der Waals surface area contributed by atoms with Crippen molar-refractivity contribution in [1.29, 1.82) is 0 Å². The summed E-state index contributed by atoms with van der Waals surface area (Å²) < 4.78 is 25.8. The fraction of sp³-hybridized carbons (Fsp3) is 0.111. The van der Waals surface area contributed by atoms with Crippen LogP contribution in [0.3, 0.4) is 0 Å². The number of benzene rings is 1. The van der Waals surface area contributed by atoms with Gasteiger partial charge in [-0.05, 0) is 18.2 Å². The largest absolute Gasteiger partial charge is 0.366 e. The number of nitrogens with one attached hydrogen (secondary N) is 1. The van der Waals surface area contributed by atoms with Crippen molar-refractivity contribution in [2.75, 3.05) is 10.8 Å².